The lowest BCUT2D eigenvalue weighted by Crippen LogP contribution is -2.00. The van der Waals surface area contributed by atoms with Crippen LogP contribution in [0.4, 0.5) is 23.1 Å². The van der Waals surface area contributed by atoms with Gasteiger partial charge in [0, 0.05) is 11.8 Å². The van der Waals surface area contributed by atoms with E-state index in [1.807, 2.05) is 43.3 Å². The maximum absolute atomic E-state index is 9.13. The normalized spacial score (nSPS) is 9.91. The van der Waals surface area contributed by atoms with Crippen molar-refractivity contribution in [2.24, 2.45) is 0 Å². The van der Waals surface area contributed by atoms with Crippen molar-refractivity contribution in [2.45, 2.75) is 6.92 Å². The van der Waals surface area contributed by atoms with Crippen molar-refractivity contribution in [2.75, 3.05) is 10.6 Å². The van der Waals surface area contributed by atoms with Gasteiger partial charge in [-0.15, -0.1) is 0 Å². The molecule has 0 fully saturated rings. The number of nitrogens with zero attached hydrogens (tertiary/aromatic N) is 4. The second-order valence-electron chi connectivity index (χ2n) is 4.86. The molecule has 0 spiro atoms. The average Bonchev–Trinajstić information content (AvgIpc) is 2.56. The highest BCUT2D eigenvalue weighted by Gasteiger charge is 2.04. The Kier molecular flexibility index (Phi) is 4.11. The number of anilines is 4. The molecule has 3 rings (SSSR count). The molecule has 0 radical (unpaired) electrons. The Balaban J connectivity index is 1.81. The van der Waals surface area contributed by atoms with Crippen molar-refractivity contribution in [3.63, 3.8) is 0 Å². The number of rotatable bonds is 4. The molecule has 2 N–H and O–H groups in total. The molecule has 3 aromatic rings. The predicted molar refractivity (Wildman–Crippen MR) is 88.7 cm³/mol. The molecule has 0 unspecified atom stereocenters. The van der Waals surface area contributed by atoms with Gasteiger partial charge >= 0.3 is 0 Å². The number of nitrogens with one attached hydrogen (secondary N) is 2. The lowest BCUT2D eigenvalue weighted by Gasteiger charge is -2.09. The van der Waals surface area contributed by atoms with E-state index < -0.39 is 0 Å². The number of benzene rings is 1. The fourth-order valence-electron chi connectivity index (χ4n) is 2.07. The molecule has 0 saturated heterocycles. The summed E-state index contributed by atoms with van der Waals surface area (Å²) in [5, 5.41) is 15.4. The maximum Gasteiger partial charge on any atom is 0.137 e. The van der Waals surface area contributed by atoms with E-state index in [4.69, 9.17) is 5.26 Å². The molecular formula is C17H14N6. The van der Waals surface area contributed by atoms with Crippen LogP contribution >= 0.6 is 0 Å². The smallest absolute Gasteiger partial charge is 0.137 e. The zero-order valence-corrected chi connectivity index (χ0v) is 12.5. The number of hydrogen-bond donors (Lipinski definition) is 2. The van der Waals surface area contributed by atoms with Crippen LogP contribution in [-0.4, -0.2) is 15.0 Å². The van der Waals surface area contributed by atoms with E-state index in [-0.39, 0.29) is 0 Å². The highest BCUT2D eigenvalue weighted by Crippen LogP contribution is 2.21. The van der Waals surface area contributed by atoms with Crippen molar-refractivity contribution in [3.05, 3.63) is 66.1 Å². The molecule has 2 aromatic heterocycles. The van der Waals surface area contributed by atoms with Gasteiger partial charge in [0.2, 0.25) is 0 Å². The van der Waals surface area contributed by atoms with Gasteiger partial charge in [0.25, 0.3) is 0 Å². The van der Waals surface area contributed by atoms with Gasteiger partial charge in [-0.05, 0) is 31.2 Å². The summed E-state index contributed by atoms with van der Waals surface area (Å²) in [5.74, 6) is 1.93. The topological polar surface area (TPSA) is 86.5 Å². The lowest BCUT2D eigenvalue weighted by molar-refractivity contribution is 1.14. The molecule has 0 aliphatic carbocycles. The second-order valence-corrected chi connectivity index (χ2v) is 4.86. The van der Waals surface area contributed by atoms with Gasteiger partial charge in [-0.3, -0.25) is 0 Å². The summed E-state index contributed by atoms with van der Waals surface area (Å²) in [7, 11) is 0. The summed E-state index contributed by atoms with van der Waals surface area (Å²) >= 11 is 0. The summed E-state index contributed by atoms with van der Waals surface area (Å²) < 4.78 is 0. The van der Waals surface area contributed by atoms with Crippen LogP contribution < -0.4 is 10.6 Å². The second kappa shape index (κ2) is 6.54. The van der Waals surface area contributed by atoms with Crippen molar-refractivity contribution in [1.82, 2.24) is 15.0 Å². The third-order valence-corrected chi connectivity index (χ3v) is 3.12. The quantitative estimate of drug-likeness (QED) is 0.766. The van der Waals surface area contributed by atoms with Gasteiger partial charge in [0.15, 0.2) is 0 Å². The minimum Gasteiger partial charge on any atom is -0.339 e. The van der Waals surface area contributed by atoms with E-state index >= 15 is 0 Å². The van der Waals surface area contributed by atoms with Gasteiger partial charge in [-0.2, -0.15) is 5.26 Å². The largest absolute Gasteiger partial charge is 0.339 e. The molecule has 6 nitrogen and oxygen atoms in total. The maximum atomic E-state index is 9.13. The fourth-order valence-corrected chi connectivity index (χ4v) is 2.07. The Morgan fingerprint density at radius 3 is 2.48 bits per heavy atom. The van der Waals surface area contributed by atoms with E-state index in [1.54, 1.807) is 12.1 Å². The zero-order valence-electron chi connectivity index (χ0n) is 12.5. The van der Waals surface area contributed by atoms with Crippen LogP contribution in [0.1, 0.15) is 11.3 Å². The SMILES string of the molecule is Cc1cccc(Nc2cc(Nc3ccccc3C#N)ncn2)n1. The Labute approximate surface area is 133 Å². The molecule has 0 amide bonds. The van der Waals surface area contributed by atoms with Gasteiger partial charge in [0.1, 0.15) is 29.9 Å². The number of hydrogen-bond acceptors (Lipinski definition) is 6. The minimum atomic E-state index is 0.556. The van der Waals surface area contributed by atoms with E-state index in [0.717, 1.165) is 5.69 Å². The molecule has 23 heavy (non-hydrogen) atoms. The molecule has 0 saturated carbocycles. The first-order valence-corrected chi connectivity index (χ1v) is 7.03. The Hall–Kier alpha value is -3.46. The Bertz CT molecular complexity index is 869. The van der Waals surface area contributed by atoms with Crippen molar-refractivity contribution >= 4 is 23.1 Å². The van der Waals surface area contributed by atoms with Crippen molar-refractivity contribution in [3.8, 4) is 6.07 Å². The van der Waals surface area contributed by atoms with Crippen LogP contribution in [0.3, 0.4) is 0 Å². The van der Waals surface area contributed by atoms with E-state index in [1.165, 1.54) is 6.33 Å². The molecule has 0 atom stereocenters. The fraction of sp³-hybridized carbons (Fsp3) is 0.0588. The lowest BCUT2D eigenvalue weighted by atomic mass is 10.2. The number of nitriles is 1. The standard InChI is InChI=1S/C17H14N6/c1-12-5-4-8-15(21-12)23-17-9-16(19-11-20-17)22-14-7-3-2-6-13(14)10-18/h2-9,11H,1H3,(H2,19,20,21,22,23). The van der Waals surface area contributed by atoms with Crippen LogP contribution in [0, 0.1) is 18.3 Å². The number of aryl methyl sites for hydroxylation is 1. The molecule has 6 heteroatoms. The molecule has 2 heterocycles. The van der Waals surface area contributed by atoms with E-state index in [9.17, 15) is 0 Å². The molecule has 0 aliphatic rings. The summed E-state index contributed by atoms with van der Waals surface area (Å²) in [4.78, 5) is 12.7. The van der Waals surface area contributed by atoms with Gasteiger partial charge in [0.05, 0.1) is 11.3 Å². The van der Waals surface area contributed by atoms with Crippen LogP contribution in [0.25, 0.3) is 0 Å². The molecule has 1 aromatic carbocycles. The molecule has 0 bridgehead atoms. The van der Waals surface area contributed by atoms with Crippen LogP contribution in [0.15, 0.2) is 54.9 Å². The summed E-state index contributed by atoms with van der Waals surface area (Å²) in [6.07, 6.45) is 1.45. The molecule has 112 valence electrons. The van der Waals surface area contributed by atoms with Gasteiger partial charge in [-0.25, -0.2) is 15.0 Å². The summed E-state index contributed by atoms with van der Waals surface area (Å²) in [6, 6.07) is 16.9. The van der Waals surface area contributed by atoms with Crippen LogP contribution in [0.5, 0.6) is 0 Å². The first-order valence-electron chi connectivity index (χ1n) is 7.03. The van der Waals surface area contributed by atoms with E-state index in [0.29, 0.717) is 28.7 Å². The number of para-hydroxylation sites is 1. The summed E-state index contributed by atoms with van der Waals surface area (Å²) in [5.41, 5.74) is 2.18. The van der Waals surface area contributed by atoms with Crippen molar-refractivity contribution in [1.29, 1.82) is 5.26 Å². The van der Waals surface area contributed by atoms with Crippen LogP contribution in [0.2, 0.25) is 0 Å². The third-order valence-electron chi connectivity index (χ3n) is 3.12. The first-order chi connectivity index (χ1) is 11.2. The zero-order chi connectivity index (χ0) is 16.1. The van der Waals surface area contributed by atoms with Crippen LogP contribution in [-0.2, 0) is 0 Å². The van der Waals surface area contributed by atoms with Gasteiger partial charge in [-0.1, -0.05) is 18.2 Å². The first kappa shape index (κ1) is 14.5. The Morgan fingerprint density at radius 2 is 1.70 bits per heavy atom. The number of pyridine rings is 1. The molecular weight excluding hydrogens is 288 g/mol. The minimum absolute atomic E-state index is 0.556. The summed E-state index contributed by atoms with van der Waals surface area (Å²) in [6.45, 7) is 1.93. The van der Waals surface area contributed by atoms with E-state index in [2.05, 4.69) is 31.7 Å². The predicted octanol–water partition coefficient (Wildman–Crippen LogP) is 3.54. The Morgan fingerprint density at radius 1 is 0.913 bits per heavy atom. The highest BCUT2D eigenvalue weighted by atomic mass is 15.1. The van der Waals surface area contributed by atoms with Crippen molar-refractivity contribution < 1.29 is 0 Å². The third kappa shape index (κ3) is 3.60. The molecule has 0 aliphatic heterocycles. The number of aromatic nitrogens is 3. The highest BCUT2D eigenvalue weighted by molar-refractivity contribution is 5.66. The van der Waals surface area contributed by atoms with Gasteiger partial charge < -0.3 is 10.6 Å². The average molecular weight is 302 g/mol. The monoisotopic (exact) mass is 302 g/mol.